The van der Waals surface area contributed by atoms with Crippen LogP contribution in [-0.4, -0.2) is 13.3 Å². The third-order valence-corrected chi connectivity index (χ3v) is 6.12. The first-order valence-electron chi connectivity index (χ1n) is 10.7. The van der Waals surface area contributed by atoms with Crippen LogP contribution < -0.4 is 0 Å². The van der Waals surface area contributed by atoms with Gasteiger partial charge in [0.2, 0.25) is 0 Å². The normalized spacial score (nSPS) is 17.3. The van der Waals surface area contributed by atoms with Gasteiger partial charge in [-0.3, -0.25) is 4.99 Å². The van der Waals surface area contributed by atoms with E-state index in [1.54, 1.807) is 0 Å². The minimum atomic E-state index is 0.396. The Balaban J connectivity index is 1.74. The van der Waals surface area contributed by atoms with Crippen LogP contribution in [-0.2, 0) is 6.42 Å². The van der Waals surface area contributed by atoms with Crippen molar-refractivity contribution in [3.05, 3.63) is 99.9 Å². The van der Waals surface area contributed by atoms with Crippen molar-refractivity contribution in [3.63, 3.8) is 0 Å². The van der Waals surface area contributed by atoms with E-state index in [2.05, 4.69) is 68.1 Å². The highest BCUT2D eigenvalue weighted by atomic mass is 14.6. The number of aryl methyl sites for hydroxylation is 1. The lowest BCUT2D eigenvalue weighted by atomic mass is 9.82. The van der Waals surface area contributed by atoms with Crippen molar-refractivity contribution in [2.45, 2.75) is 58.3 Å². The van der Waals surface area contributed by atoms with Gasteiger partial charge in [0.1, 0.15) is 0 Å². The van der Waals surface area contributed by atoms with Gasteiger partial charge in [0.25, 0.3) is 0 Å². The molecule has 0 aliphatic heterocycles. The largest absolute Gasteiger partial charge is 0.296 e. The molecule has 0 heterocycles. The maximum Gasteiger partial charge on any atom is 0.0287 e. The lowest BCUT2D eigenvalue weighted by Gasteiger charge is -2.22. The molecule has 0 radical (unpaired) electrons. The number of benzene rings is 1. The average molecular weight is 384 g/mol. The van der Waals surface area contributed by atoms with Crippen molar-refractivity contribution in [3.8, 4) is 0 Å². The molecule has 29 heavy (non-hydrogen) atoms. The second kappa shape index (κ2) is 9.72. The van der Waals surface area contributed by atoms with Gasteiger partial charge in [0.15, 0.2) is 0 Å². The molecule has 1 nitrogen and oxygen atoms in total. The van der Waals surface area contributed by atoms with Crippen molar-refractivity contribution in [2.24, 2.45) is 4.99 Å². The van der Waals surface area contributed by atoms with Gasteiger partial charge in [-0.1, -0.05) is 55.5 Å². The Bertz CT molecular complexity index is 958. The van der Waals surface area contributed by atoms with Crippen LogP contribution in [0.4, 0.5) is 0 Å². The molecule has 1 aromatic rings. The van der Waals surface area contributed by atoms with E-state index in [1.165, 1.54) is 44.6 Å². The van der Waals surface area contributed by atoms with Crippen LogP contribution in [0.15, 0.2) is 93.7 Å². The van der Waals surface area contributed by atoms with Gasteiger partial charge in [0.05, 0.1) is 0 Å². The predicted molar refractivity (Wildman–Crippen MR) is 127 cm³/mol. The van der Waals surface area contributed by atoms with E-state index in [-0.39, 0.29) is 0 Å². The maximum atomic E-state index is 4.36. The molecule has 150 valence electrons. The summed E-state index contributed by atoms with van der Waals surface area (Å²) in [6, 6.07) is 8.91. The Hall–Kier alpha value is -2.63. The van der Waals surface area contributed by atoms with Crippen molar-refractivity contribution >= 4 is 6.21 Å². The number of nitrogens with zero attached hydrogens (tertiary/aromatic N) is 1. The zero-order valence-electron chi connectivity index (χ0n) is 18.2. The number of aliphatic imine (C=N–C) groups is 1. The average Bonchev–Trinajstić information content (AvgIpc) is 3.12. The molecule has 0 aromatic heterocycles. The third-order valence-electron chi connectivity index (χ3n) is 6.12. The maximum absolute atomic E-state index is 4.36. The van der Waals surface area contributed by atoms with E-state index in [4.69, 9.17) is 0 Å². The van der Waals surface area contributed by atoms with Crippen LogP contribution in [0.25, 0.3) is 0 Å². The Morgan fingerprint density at radius 3 is 2.86 bits per heavy atom. The van der Waals surface area contributed by atoms with Crippen LogP contribution in [0, 0.1) is 0 Å². The molecule has 1 aromatic carbocycles. The number of hydrogen-bond donors (Lipinski definition) is 0. The van der Waals surface area contributed by atoms with Crippen LogP contribution in [0.5, 0.6) is 0 Å². The van der Waals surface area contributed by atoms with Crippen LogP contribution in [0.1, 0.15) is 63.0 Å². The Labute approximate surface area is 176 Å². The first-order valence-corrected chi connectivity index (χ1v) is 10.7. The number of rotatable bonds is 8. The highest BCUT2D eigenvalue weighted by Gasteiger charge is 2.24. The third kappa shape index (κ3) is 4.86. The van der Waals surface area contributed by atoms with Crippen LogP contribution in [0.2, 0.25) is 0 Å². The van der Waals surface area contributed by atoms with Crippen LogP contribution in [0.3, 0.4) is 0 Å². The van der Waals surface area contributed by atoms with Gasteiger partial charge in [-0.15, -0.1) is 12.3 Å². The molecular formula is C28H33N. The predicted octanol–water partition coefficient (Wildman–Crippen LogP) is 7.45. The zero-order valence-corrected chi connectivity index (χ0v) is 18.2. The lowest BCUT2D eigenvalue weighted by molar-refractivity contribution is 0.793. The highest BCUT2D eigenvalue weighted by Crippen LogP contribution is 2.41. The summed E-state index contributed by atoms with van der Waals surface area (Å²) in [4.78, 5) is 4.36. The smallest absolute Gasteiger partial charge is 0.0287 e. The summed E-state index contributed by atoms with van der Waals surface area (Å²) >= 11 is 0. The van der Waals surface area contributed by atoms with Crippen molar-refractivity contribution in [1.82, 2.24) is 0 Å². The van der Waals surface area contributed by atoms with Gasteiger partial charge >= 0.3 is 0 Å². The standard InChI is InChI=1S/C28H33N/c1-6-21(4)24-13-9-11-22(18-24)10-8-12-23(7-2)26-15-14-25-16-20(3)17-27(25)28(26)19-29-5/h6,9,11,13,16,18-19,21H,1-2,8,10,12,14-15,17H2,3-5H3. The first kappa shape index (κ1) is 21.1. The molecule has 0 amide bonds. The fraction of sp³-hybridized carbons (Fsp3) is 0.357. The summed E-state index contributed by atoms with van der Waals surface area (Å²) in [6.45, 7) is 12.4. The molecule has 0 saturated heterocycles. The molecule has 2 aliphatic rings. The SMILES string of the molecule is C=C=C(CCCc1cccc(C(C)C=C)c1)C1=C(C=NC)C2=C(C=C(C)C2)CC1. The molecule has 0 saturated carbocycles. The van der Waals surface area contributed by atoms with E-state index in [1.807, 2.05) is 19.3 Å². The van der Waals surface area contributed by atoms with Crippen LogP contribution >= 0.6 is 0 Å². The number of hydrogen-bond acceptors (Lipinski definition) is 1. The summed E-state index contributed by atoms with van der Waals surface area (Å²) in [5, 5.41) is 0. The zero-order chi connectivity index (χ0) is 20.8. The van der Waals surface area contributed by atoms with Gasteiger partial charge in [-0.05, 0) is 84.8 Å². The van der Waals surface area contributed by atoms with E-state index >= 15 is 0 Å². The van der Waals surface area contributed by atoms with Gasteiger partial charge in [-0.25, -0.2) is 0 Å². The monoisotopic (exact) mass is 383 g/mol. The van der Waals surface area contributed by atoms with Crippen molar-refractivity contribution in [2.75, 3.05) is 7.05 Å². The summed E-state index contributed by atoms with van der Waals surface area (Å²) in [5.74, 6) is 0.396. The molecular weight excluding hydrogens is 350 g/mol. The topological polar surface area (TPSA) is 12.4 Å². The molecule has 0 bridgehead atoms. The molecule has 3 rings (SSSR count). The Morgan fingerprint density at radius 1 is 1.31 bits per heavy atom. The van der Waals surface area contributed by atoms with Crippen molar-refractivity contribution in [1.29, 1.82) is 0 Å². The van der Waals surface area contributed by atoms with E-state index in [0.717, 1.165) is 38.5 Å². The molecule has 1 atom stereocenters. The second-order valence-corrected chi connectivity index (χ2v) is 8.23. The minimum Gasteiger partial charge on any atom is -0.296 e. The van der Waals surface area contributed by atoms with Crippen molar-refractivity contribution < 1.29 is 0 Å². The highest BCUT2D eigenvalue weighted by molar-refractivity contribution is 5.89. The second-order valence-electron chi connectivity index (χ2n) is 8.23. The molecule has 0 spiro atoms. The summed E-state index contributed by atoms with van der Waals surface area (Å²) in [6.07, 6.45) is 12.8. The number of allylic oxidation sites excluding steroid dienone is 8. The fourth-order valence-corrected chi connectivity index (χ4v) is 4.48. The Morgan fingerprint density at radius 2 is 2.14 bits per heavy atom. The lowest BCUT2D eigenvalue weighted by Crippen LogP contribution is -2.07. The fourth-order valence-electron chi connectivity index (χ4n) is 4.48. The first-order chi connectivity index (χ1) is 14.1. The molecule has 1 heteroatoms. The molecule has 0 fully saturated rings. The summed E-state index contributed by atoms with van der Waals surface area (Å²) < 4.78 is 0. The molecule has 2 aliphatic carbocycles. The summed E-state index contributed by atoms with van der Waals surface area (Å²) in [7, 11) is 1.86. The van der Waals surface area contributed by atoms with Gasteiger partial charge < -0.3 is 0 Å². The van der Waals surface area contributed by atoms with Gasteiger partial charge in [-0.2, -0.15) is 0 Å². The quantitative estimate of drug-likeness (QED) is 0.251. The van der Waals surface area contributed by atoms with E-state index in [9.17, 15) is 0 Å². The van der Waals surface area contributed by atoms with Gasteiger partial charge in [0, 0.05) is 18.8 Å². The minimum absolute atomic E-state index is 0.396. The Kier molecular flexibility index (Phi) is 7.07. The van der Waals surface area contributed by atoms with E-state index in [0.29, 0.717) is 5.92 Å². The van der Waals surface area contributed by atoms with E-state index < -0.39 is 0 Å². The summed E-state index contributed by atoms with van der Waals surface area (Å²) in [5.41, 5.74) is 14.4. The molecule has 0 N–H and O–H groups in total. The molecule has 1 unspecified atom stereocenters.